The van der Waals surface area contributed by atoms with E-state index in [2.05, 4.69) is 9.47 Å². The third-order valence-electron chi connectivity index (χ3n) is 3.61. The fourth-order valence-electron chi connectivity index (χ4n) is 2.34. The number of anilines is 1. The molecular weight excluding hydrogens is 444 g/mol. The van der Waals surface area contributed by atoms with Crippen LogP contribution in [0.5, 0.6) is 0 Å². The number of aryl methyl sites for hydroxylation is 1. The quantitative estimate of drug-likeness (QED) is 0.363. The summed E-state index contributed by atoms with van der Waals surface area (Å²) in [6, 6.07) is 0.0771. The number of rotatable bonds is 7. The molecule has 1 aromatic heterocycles. The highest BCUT2D eigenvalue weighted by atomic mass is 32.1. The second-order valence-corrected chi connectivity index (χ2v) is 6.91. The van der Waals surface area contributed by atoms with E-state index in [0.717, 1.165) is 23.6 Å². The molecule has 0 spiro atoms. The zero-order valence-electron chi connectivity index (χ0n) is 15.9. The van der Waals surface area contributed by atoms with Crippen molar-refractivity contribution in [2.45, 2.75) is 45.3 Å². The Balaban J connectivity index is 3.30. The summed E-state index contributed by atoms with van der Waals surface area (Å²) in [5.74, 6) is -2.28. The first-order valence-electron chi connectivity index (χ1n) is 8.28. The van der Waals surface area contributed by atoms with E-state index in [9.17, 15) is 41.2 Å². The van der Waals surface area contributed by atoms with Crippen LogP contribution < -0.4 is 10.6 Å². The van der Waals surface area contributed by atoms with E-state index in [-0.39, 0.29) is 10.6 Å². The molecule has 0 fully saturated rings. The molecule has 168 valence electrons. The van der Waals surface area contributed by atoms with E-state index in [1.807, 2.05) is 5.32 Å². The van der Waals surface area contributed by atoms with Crippen LogP contribution in [0, 0.1) is 18.3 Å². The van der Waals surface area contributed by atoms with Crippen molar-refractivity contribution in [3.05, 3.63) is 16.0 Å². The zero-order valence-corrected chi connectivity index (χ0v) is 16.7. The Morgan fingerprint density at radius 3 is 2.20 bits per heavy atom. The summed E-state index contributed by atoms with van der Waals surface area (Å²) in [5.41, 5.74) is -3.89. The van der Waals surface area contributed by atoms with Gasteiger partial charge in [-0.1, -0.05) is 6.92 Å². The number of alkyl halides is 6. The highest BCUT2D eigenvalue weighted by molar-refractivity contribution is 7.16. The number of nitrogens with one attached hydrogen (secondary N) is 2. The number of nitriles is 1. The molecule has 2 amide bonds. The number of carbonyl (C=O) groups is 2. The lowest BCUT2D eigenvalue weighted by Gasteiger charge is -2.33. The predicted octanol–water partition coefficient (Wildman–Crippen LogP) is 4.01. The monoisotopic (exact) mass is 461 g/mol. The van der Waals surface area contributed by atoms with Gasteiger partial charge in [-0.3, -0.25) is 10.6 Å². The van der Waals surface area contributed by atoms with E-state index >= 15 is 0 Å². The molecule has 7 nitrogen and oxygen atoms in total. The Morgan fingerprint density at radius 1 is 1.17 bits per heavy atom. The zero-order chi connectivity index (χ0) is 23.3. The molecule has 1 unspecified atom stereocenters. The average molecular weight is 461 g/mol. The Hall–Kier alpha value is -2.53. The van der Waals surface area contributed by atoms with Crippen LogP contribution in [0.3, 0.4) is 0 Å². The molecule has 1 atom stereocenters. The topological polar surface area (TPSA) is 100 Å². The molecule has 0 radical (unpaired) electrons. The summed E-state index contributed by atoms with van der Waals surface area (Å²) >= 11 is 0.876. The minimum Gasteiger partial charge on any atom is -0.462 e. The highest BCUT2D eigenvalue weighted by Gasteiger charge is 2.66. The van der Waals surface area contributed by atoms with Crippen LogP contribution >= 0.6 is 11.3 Å². The smallest absolute Gasteiger partial charge is 0.448 e. The van der Waals surface area contributed by atoms with Crippen molar-refractivity contribution in [2.75, 3.05) is 18.5 Å². The first-order valence-corrected chi connectivity index (χ1v) is 9.10. The third kappa shape index (κ3) is 5.76. The van der Waals surface area contributed by atoms with Gasteiger partial charge in [-0.25, -0.2) is 9.59 Å². The predicted molar refractivity (Wildman–Crippen MR) is 92.7 cm³/mol. The van der Waals surface area contributed by atoms with Gasteiger partial charge in [0, 0.05) is 4.88 Å². The Bertz CT molecular complexity index is 831. The van der Waals surface area contributed by atoms with Gasteiger partial charge < -0.3 is 9.47 Å². The number of carbonyl (C=O) groups excluding carboxylic acids is 2. The van der Waals surface area contributed by atoms with Gasteiger partial charge in [-0.2, -0.15) is 31.6 Å². The first kappa shape index (κ1) is 25.5. The molecule has 0 saturated carbocycles. The number of amides is 2. The lowest BCUT2D eigenvalue weighted by Crippen LogP contribution is -2.67. The number of nitrogens with zero attached hydrogens (tertiary/aromatic N) is 1. The summed E-state index contributed by atoms with van der Waals surface area (Å²) in [6.45, 7) is 1.31. The molecule has 1 heterocycles. The standard InChI is InChI=1S/C16H17F6N3O4S/c1-4-9-8(3)30-11(10(9)6-23)24-13(27)25-15(16(20,21)22,12(26)28-5-2)29-7-14(17,18)19/h4-5,7H2,1-3H3,(H2,24,25,27). The lowest BCUT2D eigenvalue weighted by molar-refractivity contribution is -0.305. The van der Waals surface area contributed by atoms with Gasteiger partial charge in [-0.05, 0) is 25.8 Å². The van der Waals surface area contributed by atoms with Gasteiger partial charge in [-0.15, -0.1) is 11.3 Å². The van der Waals surface area contributed by atoms with Crippen LogP contribution in [0.4, 0.5) is 36.1 Å². The summed E-state index contributed by atoms with van der Waals surface area (Å²) < 4.78 is 86.3. The van der Waals surface area contributed by atoms with Crippen LogP contribution in [0.25, 0.3) is 0 Å². The third-order valence-corrected chi connectivity index (χ3v) is 4.67. The van der Waals surface area contributed by atoms with Crippen molar-refractivity contribution < 1.29 is 45.4 Å². The number of hydrogen-bond acceptors (Lipinski definition) is 6. The van der Waals surface area contributed by atoms with Crippen LogP contribution in [-0.4, -0.2) is 43.3 Å². The lowest BCUT2D eigenvalue weighted by atomic mass is 10.1. The molecule has 1 rings (SSSR count). The number of ether oxygens (including phenoxy) is 2. The van der Waals surface area contributed by atoms with E-state index in [0.29, 0.717) is 16.9 Å². The number of esters is 1. The van der Waals surface area contributed by atoms with Crippen LogP contribution in [-0.2, 0) is 20.7 Å². The molecule has 0 aliphatic rings. The van der Waals surface area contributed by atoms with Crippen molar-refractivity contribution >= 4 is 28.3 Å². The second kappa shape index (κ2) is 9.52. The number of halogens is 6. The molecule has 0 bridgehead atoms. The molecule has 30 heavy (non-hydrogen) atoms. The first-order chi connectivity index (χ1) is 13.7. The maximum atomic E-state index is 13.6. The van der Waals surface area contributed by atoms with Crippen molar-refractivity contribution in [1.82, 2.24) is 5.32 Å². The van der Waals surface area contributed by atoms with Crippen molar-refractivity contribution in [2.24, 2.45) is 0 Å². The van der Waals surface area contributed by atoms with Crippen LogP contribution in [0.15, 0.2) is 0 Å². The van der Waals surface area contributed by atoms with Crippen LogP contribution in [0.1, 0.15) is 29.9 Å². The largest absolute Gasteiger partial charge is 0.462 e. The van der Waals surface area contributed by atoms with Crippen molar-refractivity contribution in [1.29, 1.82) is 5.26 Å². The van der Waals surface area contributed by atoms with Crippen molar-refractivity contribution in [3.63, 3.8) is 0 Å². The molecular formula is C16H17F6N3O4S. The molecule has 0 aliphatic carbocycles. The number of urea groups is 1. The van der Waals surface area contributed by atoms with Crippen molar-refractivity contribution in [3.8, 4) is 6.07 Å². The van der Waals surface area contributed by atoms with E-state index in [1.165, 1.54) is 0 Å². The summed E-state index contributed by atoms with van der Waals surface area (Å²) in [7, 11) is 0. The van der Waals surface area contributed by atoms with Gasteiger partial charge in [0.1, 0.15) is 17.7 Å². The van der Waals surface area contributed by atoms with Gasteiger partial charge in [0.05, 0.1) is 12.2 Å². The average Bonchev–Trinajstić information content (AvgIpc) is 2.90. The molecule has 0 aromatic carbocycles. The number of hydrogen-bond donors (Lipinski definition) is 2. The van der Waals surface area contributed by atoms with Gasteiger partial charge in [0.2, 0.25) is 0 Å². The Morgan fingerprint density at radius 2 is 1.77 bits per heavy atom. The molecule has 14 heteroatoms. The van der Waals surface area contributed by atoms with Gasteiger partial charge >= 0.3 is 30.1 Å². The van der Waals surface area contributed by atoms with E-state index < -0.39 is 43.3 Å². The van der Waals surface area contributed by atoms with Crippen LogP contribution in [0.2, 0.25) is 0 Å². The fourth-order valence-corrected chi connectivity index (χ4v) is 3.43. The Kier molecular flexibility index (Phi) is 8.09. The van der Waals surface area contributed by atoms with Gasteiger partial charge in [0.15, 0.2) is 0 Å². The minimum atomic E-state index is -5.81. The summed E-state index contributed by atoms with van der Waals surface area (Å²) in [6.07, 6.45) is -10.7. The minimum absolute atomic E-state index is 0.0138. The van der Waals surface area contributed by atoms with E-state index in [1.54, 1.807) is 19.9 Å². The van der Waals surface area contributed by atoms with E-state index in [4.69, 9.17) is 0 Å². The summed E-state index contributed by atoms with van der Waals surface area (Å²) in [5, 5.41) is 12.1. The second-order valence-electron chi connectivity index (χ2n) is 5.69. The molecule has 1 aromatic rings. The number of thiophene rings is 1. The maximum Gasteiger partial charge on any atom is 0.448 e. The highest BCUT2D eigenvalue weighted by Crippen LogP contribution is 2.36. The normalized spacial score (nSPS) is 13.9. The summed E-state index contributed by atoms with van der Waals surface area (Å²) in [4.78, 5) is 24.7. The Labute approximate surface area is 170 Å². The molecule has 0 saturated heterocycles. The van der Waals surface area contributed by atoms with Gasteiger partial charge in [0.25, 0.3) is 0 Å². The molecule has 0 aliphatic heterocycles. The maximum absolute atomic E-state index is 13.6. The molecule has 2 N–H and O–H groups in total. The fraction of sp³-hybridized carbons (Fsp3) is 0.562. The SMILES string of the molecule is CCOC(=O)C(NC(=O)Nc1sc(C)c(CC)c1C#N)(OCC(F)(F)F)C(F)(F)F.